The van der Waals surface area contributed by atoms with E-state index in [-0.39, 0.29) is 5.41 Å². The van der Waals surface area contributed by atoms with E-state index in [4.69, 9.17) is 10.2 Å². The first-order chi connectivity index (χ1) is 8.35. The zero-order chi connectivity index (χ0) is 11.7. The largest absolute Gasteiger partial charge is 0.424 e. The Bertz CT molecular complexity index is 502. The van der Waals surface area contributed by atoms with Crippen LogP contribution in [0.3, 0.4) is 0 Å². The molecule has 4 nitrogen and oxygen atoms in total. The van der Waals surface area contributed by atoms with Crippen LogP contribution >= 0.6 is 0 Å². The number of rotatable bonds is 4. The van der Waals surface area contributed by atoms with E-state index in [2.05, 4.69) is 22.3 Å². The molecule has 0 atom stereocenters. The first-order valence-electron chi connectivity index (χ1n) is 5.94. The van der Waals surface area contributed by atoms with E-state index in [1.807, 2.05) is 18.2 Å². The Balaban J connectivity index is 1.92. The molecule has 1 aromatic carbocycles. The summed E-state index contributed by atoms with van der Waals surface area (Å²) in [4.78, 5) is 0. The first kappa shape index (κ1) is 10.5. The van der Waals surface area contributed by atoms with Crippen molar-refractivity contribution in [3.63, 3.8) is 0 Å². The number of benzene rings is 1. The minimum atomic E-state index is -0.0267. The molecule has 0 radical (unpaired) electrons. The van der Waals surface area contributed by atoms with Crippen molar-refractivity contribution < 1.29 is 4.42 Å². The number of aromatic nitrogens is 2. The SMILES string of the molecule is NCCc1nnc(C2(c3ccccc3)CC2)o1. The predicted octanol–water partition coefficient (Wildman–Crippen LogP) is 1.65. The summed E-state index contributed by atoms with van der Waals surface area (Å²) in [5.74, 6) is 1.39. The Morgan fingerprint density at radius 1 is 1.18 bits per heavy atom. The van der Waals surface area contributed by atoms with Crippen molar-refractivity contribution >= 4 is 0 Å². The summed E-state index contributed by atoms with van der Waals surface area (Å²) in [7, 11) is 0. The van der Waals surface area contributed by atoms with Crippen LogP contribution in [0.5, 0.6) is 0 Å². The van der Waals surface area contributed by atoms with Crippen molar-refractivity contribution in [2.24, 2.45) is 5.73 Å². The van der Waals surface area contributed by atoms with Gasteiger partial charge in [0, 0.05) is 13.0 Å². The molecular weight excluding hydrogens is 214 g/mol. The zero-order valence-corrected chi connectivity index (χ0v) is 9.60. The van der Waals surface area contributed by atoms with Crippen LogP contribution in [-0.2, 0) is 11.8 Å². The van der Waals surface area contributed by atoms with E-state index in [1.165, 1.54) is 5.56 Å². The molecule has 1 saturated carbocycles. The Hall–Kier alpha value is -1.68. The standard InChI is InChI=1S/C13H15N3O/c14-9-6-11-15-16-12(17-11)13(7-8-13)10-4-2-1-3-5-10/h1-5H,6-9,14H2. The zero-order valence-electron chi connectivity index (χ0n) is 9.60. The summed E-state index contributed by atoms with van der Waals surface area (Å²) in [6, 6.07) is 10.4. The van der Waals surface area contributed by atoms with Crippen LogP contribution < -0.4 is 5.73 Å². The van der Waals surface area contributed by atoms with Gasteiger partial charge in [-0.05, 0) is 18.4 Å². The molecule has 1 fully saturated rings. The topological polar surface area (TPSA) is 64.9 Å². The van der Waals surface area contributed by atoms with Crippen molar-refractivity contribution in [1.29, 1.82) is 0 Å². The summed E-state index contributed by atoms with van der Waals surface area (Å²) >= 11 is 0. The maximum Gasteiger partial charge on any atom is 0.227 e. The summed E-state index contributed by atoms with van der Waals surface area (Å²) in [5.41, 5.74) is 6.72. The second-order valence-corrected chi connectivity index (χ2v) is 4.49. The fraction of sp³-hybridized carbons (Fsp3) is 0.385. The molecular formula is C13H15N3O. The van der Waals surface area contributed by atoms with Gasteiger partial charge in [-0.1, -0.05) is 30.3 Å². The van der Waals surface area contributed by atoms with Crippen LogP contribution in [0.4, 0.5) is 0 Å². The molecule has 0 aliphatic heterocycles. The lowest BCUT2D eigenvalue weighted by Crippen LogP contribution is -2.08. The first-order valence-corrected chi connectivity index (χ1v) is 5.94. The van der Waals surface area contributed by atoms with Gasteiger partial charge in [0.15, 0.2) is 0 Å². The molecule has 3 rings (SSSR count). The second kappa shape index (κ2) is 3.96. The molecule has 1 heterocycles. The molecule has 0 saturated heterocycles. The molecule has 17 heavy (non-hydrogen) atoms. The normalized spacial score (nSPS) is 17.0. The lowest BCUT2D eigenvalue weighted by atomic mass is 9.96. The van der Waals surface area contributed by atoms with Gasteiger partial charge in [0.1, 0.15) is 0 Å². The average molecular weight is 229 g/mol. The van der Waals surface area contributed by atoms with Crippen molar-refractivity contribution in [2.75, 3.05) is 6.54 Å². The van der Waals surface area contributed by atoms with Crippen molar-refractivity contribution in [3.8, 4) is 0 Å². The highest BCUT2D eigenvalue weighted by Gasteiger charge is 2.50. The number of nitrogens with two attached hydrogens (primary N) is 1. The lowest BCUT2D eigenvalue weighted by Gasteiger charge is -2.09. The van der Waals surface area contributed by atoms with Gasteiger partial charge < -0.3 is 10.2 Å². The van der Waals surface area contributed by atoms with Crippen molar-refractivity contribution in [1.82, 2.24) is 10.2 Å². The van der Waals surface area contributed by atoms with Crippen molar-refractivity contribution in [3.05, 3.63) is 47.7 Å². The molecule has 1 aromatic heterocycles. The van der Waals surface area contributed by atoms with E-state index < -0.39 is 0 Å². The summed E-state index contributed by atoms with van der Waals surface area (Å²) in [5, 5.41) is 8.21. The monoisotopic (exact) mass is 229 g/mol. The molecule has 0 bridgehead atoms. The highest BCUT2D eigenvalue weighted by molar-refractivity contribution is 5.37. The fourth-order valence-electron chi connectivity index (χ4n) is 2.18. The van der Waals surface area contributed by atoms with Crippen LogP contribution in [0.2, 0.25) is 0 Å². The molecule has 0 spiro atoms. The molecule has 1 aliphatic carbocycles. The Labute approximate surface area is 99.8 Å². The van der Waals surface area contributed by atoms with Crippen LogP contribution in [0.25, 0.3) is 0 Å². The van der Waals surface area contributed by atoms with E-state index in [0.29, 0.717) is 18.9 Å². The van der Waals surface area contributed by atoms with E-state index in [9.17, 15) is 0 Å². The molecule has 2 aromatic rings. The molecule has 88 valence electrons. The van der Waals surface area contributed by atoms with Crippen LogP contribution in [0, 0.1) is 0 Å². The predicted molar refractivity (Wildman–Crippen MR) is 63.5 cm³/mol. The van der Waals surface area contributed by atoms with Gasteiger partial charge in [-0.25, -0.2) is 0 Å². The molecule has 2 N–H and O–H groups in total. The van der Waals surface area contributed by atoms with Gasteiger partial charge in [0.2, 0.25) is 11.8 Å². The van der Waals surface area contributed by atoms with Gasteiger partial charge in [-0.2, -0.15) is 0 Å². The van der Waals surface area contributed by atoms with E-state index in [1.54, 1.807) is 0 Å². The van der Waals surface area contributed by atoms with E-state index in [0.717, 1.165) is 18.7 Å². The van der Waals surface area contributed by atoms with Gasteiger partial charge in [0.25, 0.3) is 0 Å². The average Bonchev–Trinajstić information content (AvgIpc) is 3.06. The fourth-order valence-corrected chi connectivity index (χ4v) is 2.18. The number of hydrogen-bond donors (Lipinski definition) is 1. The van der Waals surface area contributed by atoms with Crippen LogP contribution in [0.15, 0.2) is 34.7 Å². The smallest absolute Gasteiger partial charge is 0.227 e. The summed E-state index contributed by atoms with van der Waals surface area (Å²) < 4.78 is 5.70. The summed E-state index contributed by atoms with van der Waals surface area (Å²) in [6.45, 7) is 0.542. The number of hydrogen-bond acceptors (Lipinski definition) is 4. The van der Waals surface area contributed by atoms with E-state index >= 15 is 0 Å². The molecule has 4 heteroatoms. The third-order valence-electron chi connectivity index (χ3n) is 3.31. The lowest BCUT2D eigenvalue weighted by molar-refractivity contribution is 0.426. The third kappa shape index (κ3) is 1.74. The minimum absolute atomic E-state index is 0.0267. The quantitative estimate of drug-likeness (QED) is 0.865. The van der Waals surface area contributed by atoms with Gasteiger partial charge in [0.05, 0.1) is 5.41 Å². The maximum absolute atomic E-state index is 5.70. The summed E-state index contributed by atoms with van der Waals surface area (Å²) in [6.07, 6.45) is 2.82. The Morgan fingerprint density at radius 3 is 2.59 bits per heavy atom. The Kier molecular flexibility index (Phi) is 2.44. The van der Waals surface area contributed by atoms with Gasteiger partial charge in [-0.15, -0.1) is 10.2 Å². The molecule has 1 aliphatic rings. The highest BCUT2D eigenvalue weighted by atomic mass is 16.4. The Morgan fingerprint density at radius 2 is 1.94 bits per heavy atom. The van der Waals surface area contributed by atoms with Gasteiger partial charge >= 0.3 is 0 Å². The minimum Gasteiger partial charge on any atom is -0.424 e. The van der Waals surface area contributed by atoms with Gasteiger partial charge in [-0.3, -0.25) is 0 Å². The molecule has 0 amide bonds. The van der Waals surface area contributed by atoms with Crippen molar-refractivity contribution in [2.45, 2.75) is 24.7 Å². The van der Waals surface area contributed by atoms with Crippen LogP contribution in [-0.4, -0.2) is 16.7 Å². The maximum atomic E-state index is 5.70. The third-order valence-corrected chi connectivity index (χ3v) is 3.31. The number of nitrogens with zero attached hydrogens (tertiary/aromatic N) is 2. The second-order valence-electron chi connectivity index (χ2n) is 4.49. The highest BCUT2D eigenvalue weighted by Crippen LogP contribution is 2.52. The molecule has 0 unspecified atom stereocenters. The van der Waals surface area contributed by atoms with Crippen LogP contribution in [0.1, 0.15) is 30.2 Å².